The summed E-state index contributed by atoms with van der Waals surface area (Å²) in [6.07, 6.45) is 5.35. The maximum Gasteiger partial charge on any atom is 0.129 e. The van der Waals surface area contributed by atoms with E-state index in [-0.39, 0.29) is 0 Å². The third-order valence-electron chi connectivity index (χ3n) is 2.57. The molecule has 1 saturated carbocycles. The molecule has 3 heteroatoms. The summed E-state index contributed by atoms with van der Waals surface area (Å²) in [6.45, 7) is 5.74. The highest BCUT2D eigenvalue weighted by atomic mass is 16.5. The Morgan fingerprint density at radius 2 is 2.25 bits per heavy atom. The van der Waals surface area contributed by atoms with Crippen LogP contribution in [0.1, 0.15) is 30.8 Å². The summed E-state index contributed by atoms with van der Waals surface area (Å²) in [5.41, 5.74) is 0. The van der Waals surface area contributed by atoms with Gasteiger partial charge in [-0.1, -0.05) is 6.08 Å². The molecule has 0 amide bonds. The Morgan fingerprint density at radius 1 is 1.44 bits per heavy atom. The van der Waals surface area contributed by atoms with Gasteiger partial charge in [0.1, 0.15) is 18.1 Å². The zero-order valence-corrected chi connectivity index (χ0v) is 9.58. The van der Waals surface area contributed by atoms with E-state index < -0.39 is 0 Å². The molecule has 0 aliphatic heterocycles. The van der Waals surface area contributed by atoms with Crippen LogP contribution in [-0.2, 0) is 17.9 Å². The van der Waals surface area contributed by atoms with Gasteiger partial charge in [0.25, 0.3) is 0 Å². The number of hydrogen-bond donors (Lipinski definition) is 1. The van der Waals surface area contributed by atoms with E-state index in [1.165, 1.54) is 12.8 Å². The zero-order valence-electron chi connectivity index (χ0n) is 9.58. The van der Waals surface area contributed by atoms with E-state index in [4.69, 9.17) is 9.15 Å². The first-order valence-corrected chi connectivity index (χ1v) is 5.88. The average molecular weight is 221 g/mol. The van der Waals surface area contributed by atoms with Gasteiger partial charge >= 0.3 is 0 Å². The quantitative estimate of drug-likeness (QED) is 0.541. The molecule has 1 fully saturated rings. The fourth-order valence-electron chi connectivity index (χ4n) is 1.47. The fraction of sp³-hybridized carbons (Fsp3) is 0.538. The lowest BCUT2D eigenvalue weighted by atomic mass is 10.4. The van der Waals surface area contributed by atoms with E-state index in [2.05, 4.69) is 11.9 Å². The topological polar surface area (TPSA) is 34.4 Å². The molecule has 88 valence electrons. The fourth-order valence-corrected chi connectivity index (χ4v) is 1.47. The Balaban J connectivity index is 1.66. The number of rotatable bonds is 8. The number of nitrogens with one attached hydrogen (secondary N) is 1. The SMILES string of the molecule is C=CCCOCc1ccc(CNC2CC2)o1. The molecule has 2 rings (SSSR count). The van der Waals surface area contributed by atoms with Gasteiger partial charge < -0.3 is 14.5 Å². The van der Waals surface area contributed by atoms with Crippen molar-refractivity contribution in [2.75, 3.05) is 6.61 Å². The Bertz CT molecular complexity index is 328. The molecule has 0 bridgehead atoms. The van der Waals surface area contributed by atoms with Crippen molar-refractivity contribution < 1.29 is 9.15 Å². The summed E-state index contributed by atoms with van der Waals surface area (Å²) in [7, 11) is 0. The van der Waals surface area contributed by atoms with Crippen LogP contribution in [0.4, 0.5) is 0 Å². The van der Waals surface area contributed by atoms with Gasteiger partial charge in [-0.2, -0.15) is 0 Å². The largest absolute Gasteiger partial charge is 0.462 e. The van der Waals surface area contributed by atoms with Crippen LogP contribution in [-0.4, -0.2) is 12.6 Å². The molecular weight excluding hydrogens is 202 g/mol. The van der Waals surface area contributed by atoms with Crippen LogP contribution in [0.3, 0.4) is 0 Å². The zero-order chi connectivity index (χ0) is 11.2. The molecule has 0 radical (unpaired) electrons. The molecule has 3 nitrogen and oxygen atoms in total. The third-order valence-corrected chi connectivity index (χ3v) is 2.57. The van der Waals surface area contributed by atoms with Gasteiger partial charge in [-0.05, 0) is 31.4 Å². The van der Waals surface area contributed by atoms with Crippen molar-refractivity contribution in [3.63, 3.8) is 0 Å². The van der Waals surface area contributed by atoms with Crippen LogP contribution < -0.4 is 5.32 Å². The maximum atomic E-state index is 5.63. The van der Waals surface area contributed by atoms with Crippen molar-refractivity contribution in [3.05, 3.63) is 36.3 Å². The number of furan rings is 1. The van der Waals surface area contributed by atoms with Gasteiger partial charge in [0.2, 0.25) is 0 Å². The minimum Gasteiger partial charge on any atom is -0.462 e. The van der Waals surface area contributed by atoms with Gasteiger partial charge in [0.05, 0.1) is 13.2 Å². The second kappa shape index (κ2) is 5.87. The van der Waals surface area contributed by atoms with E-state index in [9.17, 15) is 0 Å². The molecule has 1 N–H and O–H groups in total. The third kappa shape index (κ3) is 3.83. The first kappa shape index (κ1) is 11.4. The molecule has 1 aromatic rings. The summed E-state index contributed by atoms with van der Waals surface area (Å²) in [6, 6.07) is 4.72. The van der Waals surface area contributed by atoms with Crippen LogP contribution in [0.2, 0.25) is 0 Å². The van der Waals surface area contributed by atoms with Crippen molar-refractivity contribution in [1.82, 2.24) is 5.32 Å². The van der Waals surface area contributed by atoms with Crippen LogP contribution in [0, 0.1) is 0 Å². The van der Waals surface area contributed by atoms with Gasteiger partial charge in [-0.25, -0.2) is 0 Å². The van der Waals surface area contributed by atoms with Gasteiger partial charge in [0, 0.05) is 6.04 Å². The van der Waals surface area contributed by atoms with E-state index in [0.29, 0.717) is 13.2 Å². The number of ether oxygens (including phenoxy) is 1. The van der Waals surface area contributed by atoms with Crippen molar-refractivity contribution >= 4 is 0 Å². The van der Waals surface area contributed by atoms with Crippen LogP contribution >= 0.6 is 0 Å². The Hall–Kier alpha value is -1.06. The molecule has 0 saturated heterocycles. The number of hydrogen-bond acceptors (Lipinski definition) is 3. The molecule has 0 aromatic carbocycles. The standard InChI is InChI=1S/C13H19NO2/c1-2-3-8-15-10-13-7-6-12(16-13)9-14-11-4-5-11/h2,6-7,11,14H,1,3-5,8-10H2. The van der Waals surface area contributed by atoms with Crippen LogP contribution in [0.5, 0.6) is 0 Å². The van der Waals surface area contributed by atoms with Crippen LogP contribution in [0.25, 0.3) is 0 Å². The minimum atomic E-state index is 0.553. The van der Waals surface area contributed by atoms with Crippen molar-refractivity contribution in [2.45, 2.75) is 38.5 Å². The van der Waals surface area contributed by atoms with E-state index >= 15 is 0 Å². The van der Waals surface area contributed by atoms with E-state index in [1.807, 2.05) is 18.2 Å². The minimum absolute atomic E-state index is 0.553. The summed E-state index contributed by atoms with van der Waals surface area (Å²) in [5, 5.41) is 3.41. The average Bonchev–Trinajstić information content (AvgIpc) is 3.02. The highest BCUT2D eigenvalue weighted by Gasteiger charge is 2.20. The second-order valence-electron chi connectivity index (χ2n) is 4.15. The smallest absolute Gasteiger partial charge is 0.129 e. The van der Waals surface area contributed by atoms with Crippen LogP contribution in [0.15, 0.2) is 29.2 Å². The van der Waals surface area contributed by atoms with Crippen molar-refractivity contribution in [1.29, 1.82) is 0 Å². The van der Waals surface area contributed by atoms with Gasteiger partial charge in [-0.15, -0.1) is 6.58 Å². The molecule has 0 atom stereocenters. The highest BCUT2D eigenvalue weighted by Crippen LogP contribution is 2.19. The molecule has 1 aliphatic rings. The lowest BCUT2D eigenvalue weighted by Gasteiger charge is -2.00. The normalized spacial score (nSPS) is 15.2. The van der Waals surface area contributed by atoms with E-state index in [0.717, 1.165) is 30.5 Å². The highest BCUT2D eigenvalue weighted by molar-refractivity contribution is 5.06. The lowest BCUT2D eigenvalue weighted by Crippen LogP contribution is -2.14. The summed E-state index contributed by atoms with van der Waals surface area (Å²) in [5.74, 6) is 1.89. The van der Waals surface area contributed by atoms with Crippen molar-refractivity contribution in [3.8, 4) is 0 Å². The van der Waals surface area contributed by atoms with Gasteiger partial charge in [-0.3, -0.25) is 0 Å². The van der Waals surface area contributed by atoms with Crippen molar-refractivity contribution in [2.24, 2.45) is 0 Å². The Labute approximate surface area is 96.5 Å². The summed E-state index contributed by atoms with van der Waals surface area (Å²) >= 11 is 0. The molecule has 1 aliphatic carbocycles. The molecule has 0 unspecified atom stereocenters. The predicted octanol–water partition coefficient (Wildman–Crippen LogP) is 2.62. The van der Waals surface area contributed by atoms with E-state index in [1.54, 1.807) is 0 Å². The van der Waals surface area contributed by atoms with Gasteiger partial charge in [0.15, 0.2) is 0 Å². The molecule has 0 spiro atoms. The molecule has 16 heavy (non-hydrogen) atoms. The molecule has 1 heterocycles. The summed E-state index contributed by atoms with van der Waals surface area (Å²) in [4.78, 5) is 0. The predicted molar refractivity (Wildman–Crippen MR) is 63.0 cm³/mol. The molecule has 1 aromatic heterocycles. The Kier molecular flexibility index (Phi) is 4.19. The first-order valence-electron chi connectivity index (χ1n) is 5.88. The Morgan fingerprint density at radius 3 is 3.00 bits per heavy atom. The first-order chi connectivity index (χ1) is 7.88. The second-order valence-corrected chi connectivity index (χ2v) is 4.15. The molecular formula is C13H19NO2. The summed E-state index contributed by atoms with van der Waals surface area (Å²) < 4.78 is 11.1. The monoisotopic (exact) mass is 221 g/mol. The maximum absolute atomic E-state index is 5.63. The lowest BCUT2D eigenvalue weighted by molar-refractivity contribution is 0.109.